The van der Waals surface area contributed by atoms with Crippen molar-refractivity contribution in [3.63, 3.8) is 0 Å². The minimum atomic E-state index is 0.273. The molecule has 0 bridgehead atoms. The molecule has 1 saturated heterocycles. The molecule has 82 valence electrons. The number of ether oxygens (including phenoxy) is 1. The molecule has 4 heteroatoms. The fourth-order valence-corrected chi connectivity index (χ4v) is 1.86. The predicted octanol–water partition coefficient (Wildman–Crippen LogP) is 0.669. The highest BCUT2D eigenvalue weighted by Crippen LogP contribution is 2.11. The van der Waals surface area contributed by atoms with Crippen LogP contribution in [0.5, 0.6) is 0 Å². The number of nitrogens with zero attached hydrogens (tertiary/aromatic N) is 1. The molecule has 3 N–H and O–H groups in total. The lowest BCUT2D eigenvalue weighted by atomic mass is 10.1. The van der Waals surface area contributed by atoms with Gasteiger partial charge in [-0.25, -0.2) is 0 Å². The van der Waals surface area contributed by atoms with Crippen LogP contribution in [0, 0.1) is 11.3 Å². The van der Waals surface area contributed by atoms with Gasteiger partial charge in [-0.2, -0.15) is 0 Å². The Morgan fingerprint density at radius 3 is 3.07 bits per heavy atom. The zero-order valence-electron chi connectivity index (χ0n) is 9.12. The van der Waals surface area contributed by atoms with Crippen LogP contribution in [-0.2, 0) is 4.74 Å². The second kappa shape index (κ2) is 5.32. The van der Waals surface area contributed by atoms with E-state index in [9.17, 15) is 0 Å². The maximum atomic E-state index is 7.27. The van der Waals surface area contributed by atoms with Gasteiger partial charge in [0.25, 0.3) is 0 Å². The highest BCUT2D eigenvalue weighted by atomic mass is 16.5. The number of amidine groups is 1. The number of rotatable bonds is 3. The SMILES string of the molecule is CC1COCCN(C(C)CC(=N)N)C1. The van der Waals surface area contributed by atoms with Crippen LogP contribution in [0.3, 0.4) is 0 Å². The Balaban J connectivity index is 2.43. The van der Waals surface area contributed by atoms with E-state index in [4.69, 9.17) is 15.9 Å². The van der Waals surface area contributed by atoms with Gasteiger partial charge in [-0.15, -0.1) is 0 Å². The van der Waals surface area contributed by atoms with E-state index in [1.54, 1.807) is 0 Å². The molecule has 2 unspecified atom stereocenters. The summed E-state index contributed by atoms with van der Waals surface area (Å²) in [6.45, 7) is 7.97. The molecular weight excluding hydrogens is 178 g/mol. The van der Waals surface area contributed by atoms with Gasteiger partial charge in [0.2, 0.25) is 0 Å². The van der Waals surface area contributed by atoms with Gasteiger partial charge in [0, 0.05) is 25.6 Å². The summed E-state index contributed by atoms with van der Waals surface area (Å²) >= 11 is 0. The van der Waals surface area contributed by atoms with E-state index in [2.05, 4.69) is 18.7 Å². The van der Waals surface area contributed by atoms with Gasteiger partial charge in [-0.1, -0.05) is 6.92 Å². The summed E-state index contributed by atoms with van der Waals surface area (Å²) in [5, 5.41) is 7.27. The maximum absolute atomic E-state index is 7.27. The molecular formula is C10H21N3O. The Hall–Kier alpha value is -0.610. The van der Waals surface area contributed by atoms with E-state index in [1.165, 1.54) is 0 Å². The molecule has 0 aromatic heterocycles. The van der Waals surface area contributed by atoms with Crippen LogP contribution < -0.4 is 5.73 Å². The van der Waals surface area contributed by atoms with Crippen LogP contribution in [0.25, 0.3) is 0 Å². The second-order valence-electron chi connectivity index (χ2n) is 4.25. The molecule has 2 atom stereocenters. The Bertz CT molecular complexity index is 196. The Morgan fingerprint density at radius 2 is 2.43 bits per heavy atom. The fourth-order valence-electron chi connectivity index (χ4n) is 1.86. The molecule has 0 spiro atoms. The van der Waals surface area contributed by atoms with Crippen molar-refractivity contribution in [1.29, 1.82) is 5.41 Å². The lowest BCUT2D eigenvalue weighted by Gasteiger charge is -2.28. The normalized spacial score (nSPS) is 26.9. The topological polar surface area (TPSA) is 62.3 Å². The van der Waals surface area contributed by atoms with Crippen LogP contribution >= 0.6 is 0 Å². The summed E-state index contributed by atoms with van der Waals surface area (Å²) in [4.78, 5) is 2.36. The first-order valence-electron chi connectivity index (χ1n) is 5.24. The minimum absolute atomic E-state index is 0.273. The third-order valence-electron chi connectivity index (χ3n) is 2.61. The third kappa shape index (κ3) is 3.64. The van der Waals surface area contributed by atoms with E-state index in [0.717, 1.165) is 26.3 Å². The highest BCUT2D eigenvalue weighted by Gasteiger charge is 2.19. The van der Waals surface area contributed by atoms with Crippen molar-refractivity contribution in [2.45, 2.75) is 26.3 Å². The van der Waals surface area contributed by atoms with E-state index in [1.807, 2.05) is 0 Å². The van der Waals surface area contributed by atoms with Crippen LogP contribution in [-0.4, -0.2) is 43.1 Å². The first-order valence-corrected chi connectivity index (χ1v) is 5.24. The first kappa shape index (κ1) is 11.5. The third-order valence-corrected chi connectivity index (χ3v) is 2.61. The second-order valence-corrected chi connectivity index (χ2v) is 4.25. The lowest BCUT2D eigenvalue weighted by Crippen LogP contribution is -2.39. The zero-order valence-corrected chi connectivity index (χ0v) is 9.12. The Labute approximate surface area is 85.9 Å². The summed E-state index contributed by atoms with van der Waals surface area (Å²) in [6.07, 6.45) is 0.659. The number of nitrogens with one attached hydrogen (secondary N) is 1. The van der Waals surface area contributed by atoms with Crippen molar-refractivity contribution in [3.8, 4) is 0 Å². The van der Waals surface area contributed by atoms with Crippen LogP contribution in [0.15, 0.2) is 0 Å². The van der Waals surface area contributed by atoms with Crippen molar-refractivity contribution in [2.24, 2.45) is 11.7 Å². The molecule has 0 radical (unpaired) electrons. The van der Waals surface area contributed by atoms with Gasteiger partial charge in [0.1, 0.15) is 0 Å². The van der Waals surface area contributed by atoms with Crippen molar-refractivity contribution < 1.29 is 4.74 Å². The Kier molecular flexibility index (Phi) is 4.35. The zero-order chi connectivity index (χ0) is 10.6. The van der Waals surface area contributed by atoms with E-state index < -0.39 is 0 Å². The molecule has 0 saturated carbocycles. The predicted molar refractivity (Wildman–Crippen MR) is 57.5 cm³/mol. The summed E-state index contributed by atoms with van der Waals surface area (Å²) in [6, 6.07) is 0.358. The number of nitrogens with two attached hydrogens (primary N) is 1. The van der Waals surface area contributed by atoms with Crippen molar-refractivity contribution >= 4 is 5.84 Å². The van der Waals surface area contributed by atoms with E-state index >= 15 is 0 Å². The first-order chi connectivity index (χ1) is 6.59. The van der Waals surface area contributed by atoms with Gasteiger partial charge >= 0.3 is 0 Å². The summed E-state index contributed by atoms with van der Waals surface area (Å²) in [5.41, 5.74) is 5.40. The number of hydrogen-bond donors (Lipinski definition) is 2. The summed E-state index contributed by atoms with van der Waals surface area (Å²) < 4.78 is 5.47. The monoisotopic (exact) mass is 199 g/mol. The standard InChI is InChI=1S/C10H21N3O/c1-8-6-13(3-4-14-7-8)9(2)5-10(11)12/h8-9H,3-7H2,1-2H3,(H3,11,12). The molecule has 1 rings (SSSR count). The van der Waals surface area contributed by atoms with E-state index in [-0.39, 0.29) is 5.84 Å². The maximum Gasteiger partial charge on any atom is 0.0920 e. The lowest BCUT2D eigenvalue weighted by molar-refractivity contribution is 0.124. The largest absolute Gasteiger partial charge is 0.388 e. The average molecular weight is 199 g/mol. The molecule has 0 aliphatic carbocycles. The highest BCUT2D eigenvalue weighted by molar-refractivity contribution is 5.77. The molecule has 0 aromatic carbocycles. The molecule has 1 heterocycles. The molecule has 0 amide bonds. The molecule has 4 nitrogen and oxygen atoms in total. The molecule has 14 heavy (non-hydrogen) atoms. The molecule has 1 fully saturated rings. The molecule has 1 aliphatic heterocycles. The summed E-state index contributed by atoms with van der Waals surface area (Å²) in [5.74, 6) is 0.849. The van der Waals surface area contributed by atoms with Gasteiger partial charge in [0.05, 0.1) is 19.0 Å². The summed E-state index contributed by atoms with van der Waals surface area (Å²) in [7, 11) is 0. The molecule has 1 aliphatic rings. The quantitative estimate of drug-likeness (QED) is 0.519. The minimum Gasteiger partial charge on any atom is -0.388 e. The van der Waals surface area contributed by atoms with E-state index in [0.29, 0.717) is 18.4 Å². The smallest absolute Gasteiger partial charge is 0.0920 e. The van der Waals surface area contributed by atoms with Crippen LogP contribution in [0.1, 0.15) is 20.3 Å². The van der Waals surface area contributed by atoms with Crippen molar-refractivity contribution in [3.05, 3.63) is 0 Å². The molecule has 0 aromatic rings. The fraction of sp³-hybridized carbons (Fsp3) is 0.900. The van der Waals surface area contributed by atoms with Crippen LogP contribution in [0.2, 0.25) is 0 Å². The van der Waals surface area contributed by atoms with Gasteiger partial charge in [-0.05, 0) is 12.8 Å². The van der Waals surface area contributed by atoms with Gasteiger partial charge < -0.3 is 10.5 Å². The number of hydrogen-bond acceptors (Lipinski definition) is 3. The van der Waals surface area contributed by atoms with Crippen molar-refractivity contribution in [1.82, 2.24) is 4.90 Å². The van der Waals surface area contributed by atoms with Crippen molar-refractivity contribution in [2.75, 3.05) is 26.3 Å². The Morgan fingerprint density at radius 1 is 1.71 bits per heavy atom. The average Bonchev–Trinajstić information content (AvgIpc) is 2.28. The van der Waals surface area contributed by atoms with Crippen LogP contribution in [0.4, 0.5) is 0 Å². The van der Waals surface area contributed by atoms with Gasteiger partial charge in [0.15, 0.2) is 0 Å². The van der Waals surface area contributed by atoms with Gasteiger partial charge in [-0.3, -0.25) is 10.3 Å².